The Bertz CT molecular complexity index is 775. The van der Waals surface area contributed by atoms with E-state index in [1.165, 1.54) is 0 Å². The number of carbonyl (C=O) groups is 3. The molecule has 31 heavy (non-hydrogen) atoms. The molecule has 1 saturated heterocycles. The summed E-state index contributed by atoms with van der Waals surface area (Å²) in [4.78, 5) is 40.0. The number of rotatable bonds is 8. The van der Waals surface area contributed by atoms with Gasteiger partial charge in [-0.2, -0.15) is 0 Å². The first kappa shape index (κ1) is 24.4. The minimum absolute atomic E-state index is 0.0503. The number of hydrogen-bond acceptors (Lipinski definition) is 4. The van der Waals surface area contributed by atoms with Gasteiger partial charge in [0.25, 0.3) is 5.91 Å². The number of benzene rings is 1. The largest absolute Gasteiger partial charge is 0.497 e. The fraction of sp³-hybridized carbons (Fsp3) is 0.542. The molecule has 7 heteroatoms. The summed E-state index contributed by atoms with van der Waals surface area (Å²) in [7, 11) is 1.56. The van der Waals surface area contributed by atoms with Crippen LogP contribution in [0, 0.1) is 11.3 Å². The van der Waals surface area contributed by atoms with Crippen molar-refractivity contribution in [3.05, 3.63) is 42.5 Å². The van der Waals surface area contributed by atoms with E-state index in [0.29, 0.717) is 50.2 Å². The number of likely N-dealkylation sites (tertiary alicyclic amines) is 1. The topological polar surface area (TPSA) is 87.7 Å². The predicted octanol–water partition coefficient (Wildman–Crippen LogP) is 2.77. The highest BCUT2D eigenvalue weighted by molar-refractivity contribution is 5.97. The van der Waals surface area contributed by atoms with Gasteiger partial charge in [0.15, 0.2) is 0 Å². The molecule has 1 atom stereocenters. The minimum Gasteiger partial charge on any atom is -0.497 e. The third kappa shape index (κ3) is 7.42. The van der Waals surface area contributed by atoms with Crippen molar-refractivity contribution in [2.45, 2.75) is 46.1 Å². The summed E-state index contributed by atoms with van der Waals surface area (Å²) >= 11 is 0. The molecule has 3 amide bonds. The average Bonchev–Trinajstić information content (AvgIpc) is 2.74. The number of nitrogens with one attached hydrogen (secondary N) is 2. The van der Waals surface area contributed by atoms with Crippen LogP contribution in [-0.4, -0.2) is 55.4 Å². The highest BCUT2D eigenvalue weighted by Crippen LogP contribution is 2.25. The van der Waals surface area contributed by atoms with Gasteiger partial charge in [0.05, 0.1) is 7.11 Å². The summed E-state index contributed by atoms with van der Waals surface area (Å²) in [5, 5.41) is 5.70. The second-order valence-corrected chi connectivity index (χ2v) is 9.17. The Labute approximate surface area is 185 Å². The fourth-order valence-corrected chi connectivity index (χ4v) is 3.69. The molecule has 0 aliphatic carbocycles. The predicted molar refractivity (Wildman–Crippen MR) is 121 cm³/mol. The Balaban J connectivity index is 2.06. The van der Waals surface area contributed by atoms with Crippen LogP contribution in [0.5, 0.6) is 5.75 Å². The lowest BCUT2D eigenvalue weighted by Crippen LogP contribution is -2.54. The number of amides is 3. The molecule has 0 aromatic heterocycles. The Hall–Kier alpha value is -2.83. The zero-order valence-electron chi connectivity index (χ0n) is 19.1. The standard InChI is InChI=1S/C24H35N3O4/c1-6-13-25-23(30)21(26-22(29)18-7-9-19(31-5)10-8-18)17-11-14-27(15-12-17)20(28)16-24(2,3)4/h6-10,17,21H,1,11-16H2,2-5H3,(H,25,30)(H,26,29)/t21-/m0/s1. The SMILES string of the molecule is C=CCNC(=O)[C@@H](NC(=O)c1ccc(OC)cc1)C1CCN(C(=O)CC(C)(C)C)CC1. The summed E-state index contributed by atoms with van der Waals surface area (Å²) in [6, 6.07) is 6.08. The number of carbonyl (C=O) groups excluding carboxylic acids is 3. The molecule has 0 radical (unpaired) electrons. The second kappa shape index (κ2) is 11.0. The highest BCUT2D eigenvalue weighted by Gasteiger charge is 2.34. The van der Waals surface area contributed by atoms with Gasteiger partial charge >= 0.3 is 0 Å². The van der Waals surface area contributed by atoms with Crippen molar-refractivity contribution in [2.24, 2.45) is 11.3 Å². The lowest BCUT2D eigenvalue weighted by Gasteiger charge is -2.36. The van der Waals surface area contributed by atoms with Crippen molar-refractivity contribution in [3.8, 4) is 5.75 Å². The van der Waals surface area contributed by atoms with E-state index in [-0.39, 0.29) is 29.1 Å². The molecule has 1 aromatic carbocycles. The molecule has 2 rings (SSSR count). The van der Waals surface area contributed by atoms with E-state index in [1.807, 2.05) is 25.7 Å². The molecular formula is C24H35N3O4. The van der Waals surface area contributed by atoms with E-state index in [9.17, 15) is 14.4 Å². The first-order valence-electron chi connectivity index (χ1n) is 10.8. The zero-order chi connectivity index (χ0) is 23.0. The number of piperidine rings is 1. The Morgan fingerprint density at radius 3 is 2.32 bits per heavy atom. The van der Waals surface area contributed by atoms with Gasteiger partial charge in [-0.3, -0.25) is 14.4 Å². The summed E-state index contributed by atoms with van der Waals surface area (Å²) in [6.45, 7) is 11.3. The normalized spacial score (nSPS) is 15.7. The van der Waals surface area contributed by atoms with Gasteiger partial charge < -0.3 is 20.3 Å². The fourth-order valence-electron chi connectivity index (χ4n) is 3.69. The number of methoxy groups -OCH3 is 1. The van der Waals surface area contributed by atoms with Gasteiger partial charge in [-0.15, -0.1) is 6.58 Å². The number of hydrogen-bond donors (Lipinski definition) is 2. The number of ether oxygens (including phenoxy) is 1. The Morgan fingerprint density at radius 1 is 1.19 bits per heavy atom. The van der Waals surface area contributed by atoms with Crippen LogP contribution in [-0.2, 0) is 9.59 Å². The summed E-state index contributed by atoms with van der Waals surface area (Å²) in [5.74, 6) is 0.199. The van der Waals surface area contributed by atoms with E-state index in [0.717, 1.165) is 0 Å². The molecule has 170 valence electrons. The van der Waals surface area contributed by atoms with Crippen LogP contribution in [0.3, 0.4) is 0 Å². The van der Waals surface area contributed by atoms with Crippen LogP contribution in [0.2, 0.25) is 0 Å². The van der Waals surface area contributed by atoms with Crippen LogP contribution in [0.1, 0.15) is 50.4 Å². The maximum absolute atomic E-state index is 12.8. The minimum atomic E-state index is -0.672. The second-order valence-electron chi connectivity index (χ2n) is 9.17. The van der Waals surface area contributed by atoms with Crippen molar-refractivity contribution in [1.82, 2.24) is 15.5 Å². The van der Waals surface area contributed by atoms with Crippen molar-refractivity contribution < 1.29 is 19.1 Å². The van der Waals surface area contributed by atoms with Gasteiger partial charge in [0.2, 0.25) is 11.8 Å². The molecule has 2 N–H and O–H groups in total. The zero-order valence-corrected chi connectivity index (χ0v) is 19.1. The van der Waals surface area contributed by atoms with Gasteiger partial charge in [0, 0.05) is 31.6 Å². The molecule has 7 nitrogen and oxygen atoms in total. The van der Waals surface area contributed by atoms with Gasteiger partial charge in [-0.05, 0) is 48.4 Å². The Kier molecular flexibility index (Phi) is 8.65. The molecule has 0 bridgehead atoms. The maximum Gasteiger partial charge on any atom is 0.251 e. The van der Waals surface area contributed by atoms with Gasteiger partial charge in [-0.25, -0.2) is 0 Å². The van der Waals surface area contributed by atoms with Crippen LogP contribution >= 0.6 is 0 Å². The van der Waals surface area contributed by atoms with E-state index < -0.39 is 6.04 Å². The Morgan fingerprint density at radius 2 is 1.81 bits per heavy atom. The third-order valence-electron chi connectivity index (χ3n) is 5.39. The van der Waals surface area contributed by atoms with Gasteiger partial charge in [-0.1, -0.05) is 26.8 Å². The molecule has 0 saturated carbocycles. The molecule has 1 aromatic rings. The van der Waals surface area contributed by atoms with Crippen LogP contribution in [0.4, 0.5) is 0 Å². The number of nitrogens with zero attached hydrogens (tertiary/aromatic N) is 1. The molecule has 0 spiro atoms. The highest BCUT2D eigenvalue weighted by atomic mass is 16.5. The first-order valence-corrected chi connectivity index (χ1v) is 10.8. The lowest BCUT2D eigenvalue weighted by atomic mass is 9.87. The molecular weight excluding hydrogens is 394 g/mol. The quantitative estimate of drug-likeness (QED) is 0.622. The maximum atomic E-state index is 12.8. The monoisotopic (exact) mass is 429 g/mol. The van der Waals surface area contributed by atoms with E-state index in [4.69, 9.17) is 4.74 Å². The molecule has 1 aliphatic heterocycles. The summed E-state index contributed by atoms with van der Waals surface area (Å²) < 4.78 is 5.13. The van der Waals surface area contributed by atoms with Crippen LogP contribution in [0.25, 0.3) is 0 Å². The van der Waals surface area contributed by atoms with Crippen molar-refractivity contribution >= 4 is 17.7 Å². The average molecular weight is 430 g/mol. The van der Waals surface area contributed by atoms with Crippen LogP contribution in [0.15, 0.2) is 36.9 Å². The van der Waals surface area contributed by atoms with Crippen molar-refractivity contribution in [1.29, 1.82) is 0 Å². The first-order chi connectivity index (χ1) is 14.6. The molecule has 1 heterocycles. The van der Waals surface area contributed by atoms with Crippen LogP contribution < -0.4 is 15.4 Å². The lowest BCUT2D eigenvalue weighted by molar-refractivity contribution is -0.134. The van der Waals surface area contributed by atoms with E-state index in [1.54, 1.807) is 37.5 Å². The third-order valence-corrected chi connectivity index (χ3v) is 5.39. The van der Waals surface area contributed by atoms with E-state index in [2.05, 4.69) is 17.2 Å². The van der Waals surface area contributed by atoms with Gasteiger partial charge in [0.1, 0.15) is 11.8 Å². The molecule has 0 unspecified atom stereocenters. The molecule has 1 aliphatic rings. The summed E-state index contributed by atoms with van der Waals surface area (Å²) in [5.41, 5.74) is 0.396. The van der Waals surface area contributed by atoms with Crippen molar-refractivity contribution in [3.63, 3.8) is 0 Å². The van der Waals surface area contributed by atoms with Crippen molar-refractivity contribution in [2.75, 3.05) is 26.7 Å². The smallest absolute Gasteiger partial charge is 0.251 e. The summed E-state index contributed by atoms with van der Waals surface area (Å²) in [6.07, 6.45) is 3.42. The van der Waals surface area contributed by atoms with E-state index >= 15 is 0 Å². The molecule has 1 fully saturated rings.